The Labute approximate surface area is 205 Å². The lowest BCUT2D eigenvalue weighted by molar-refractivity contribution is -0.136. The third-order valence-corrected chi connectivity index (χ3v) is 6.32. The van der Waals surface area contributed by atoms with Crippen molar-refractivity contribution in [2.75, 3.05) is 13.2 Å². The molecule has 178 valence electrons. The molecule has 1 amide bonds. The molecular weight excluding hydrogens is 473 g/mol. The van der Waals surface area contributed by atoms with Crippen molar-refractivity contribution in [1.29, 1.82) is 0 Å². The molecule has 1 aliphatic rings. The van der Waals surface area contributed by atoms with E-state index in [9.17, 15) is 14.0 Å². The van der Waals surface area contributed by atoms with Gasteiger partial charge in [-0.15, -0.1) is 0 Å². The van der Waals surface area contributed by atoms with E-state index >= 15 is 0 Å². The van der Waals surface area contributed by atoms with Gasteiger partial charge in [0.15, 0.2) is 0 Å². The van der Waals surface area contributed by atoms with Gasteiger partial charge in [0.2, 0.25) is 0 Å². The fourth-order valence-corrected chi connectivity index (χ4v) is 4.65. The molecule has 0 spiro atoms. The molecule has 1 aliphatic heterocycles. The predicted octanol–water partition coefficient (Wildman–Crippen LogP) is 5.53. The summed E-state index contributed by atoms with van der Waals surface area (Å²) in [6, 6.07) is 11.9. The second-order valence-electron chi connectivity index (χ2n) is 8.09. The van der Waals surface area contributed by atoms with Crippen LogP contribution in [0.2, 0.25) is 5.02 Å². The van der Waals surface area contributed by atoms with Gasteiger partial charge in [-0.2, -0.15) is 0 Å². The number of aromatic amines is 1. The first-order valence-electron chi connectivity index (χ1n) is 11.1. The maximum absolute atomic E-state index is 14.7. The third kappa shape index (κ3) is 3.89. The van der Waals surface area contributed by atoms with Crippen LogP contribution in [0.1, 0.15) is 34.3 Å². The van der Waals surface area contributed by atoms with E-state index in [-0.39, 0.29) is 46.3 Å². The van der Waals surface area contributed by atoms with Crippen LogP contribution in [-0.4, -0.2) is 40.1 Å². The van der Waals surface area contributed by atoms with Crippen molar-refractivity contribution in [3.8, 4) is 11.3 Å². The number of para-hydroxylation sites is 1. The second kappa shape index (κ2) is 9.03. The Balaban J connectivity index is 1.62. The standard InChI is InChI=1S/C26H21ClFN3O4/c1-3-34-26(33)17-13-31(12-11-16-15-7-4-5-10-20(15)29-23(16)17)25(32)21-14(2)35-30-24(21)22-18(27)8-6-9-19(22)28/h4-10,13,29H,3,11-12H2,1-2H3. The van der Waals surface area contributed by atoms with Crippen molar-refractivity contribution >= 4 is 40.0 Å². The summed E-state index contributed by atoms with van der Waals surface area (Å²) in [6.45, 7) is 3.74. The molecule has 35 heavy (non-hydrogen) atoms. The molecule has 0 saturated heterocycles. The number of aryl methyl sites for hydroxylation is 1. The number of hydrogen-bond donors (Lipinski definition) is 1. The number of halogens is 2. The molecule has 2 aromatic carbocycles. The Hall–Kier alpha value is -3.91. The maximum atomic E-state index is 14.7. The van der Waals surface area contributed by atoms with Crippen molar-refractivity contribution in [2.24, 2.45) is 0 Å². The highest BCUT2D eigenvalue weighted by molar-refractivity contribution is 6.33. The minimum atomic E-state index is -0.625. The van der Waals surface area contributed by atoms with Crippen molar-refractivity contribution in [1.82, 2.24) is 15.0 Å². The normalized spacial score (nSPS) is 13.4. The number of hydrogen-bond acceptors (Lipinski definition) is 5. The molecule has 1 N–H and O–H groups in total. The SMILES string of the molecule is CCOC(=O)C1=CN(C(=O)c2c(-c3c(F)cccc3Cl)noc2C)CCc2c1[nH]c1ccccc21. The molecule has 9 heteroatoms. The summed E-state index contributed by atoms with van der Waals surface area (Å²) >= 11 is 6.24. The van der Waals surface area contributed by atoms with Crippen LogP contribution < -0.4 is 0 Å². The molecule has 2 aromatic heterocycles. The number of rotatable bonds is 4. The summed E-state index contributed by atoms with van der Waals surface area (Å²) in [7, 11) is 0. The largest absolute Gasteiger partial charge is 0.462 e. The van der Waals surface area contributed by atoms with Crippen molar-refractivity contribution in [3.63, 3.8) is 0 Å². The molecule has 0 aliphatic carbocycles. The molecule has 0 radical (unpaired) electrons. The van der Waals surface area contributed by atoms with Gasteiger partial charge in [0.1, 0.15) is 22.8 Å². The van der Waals surface area contributed by atoms with Crippen LogP contribution >= 0.6 is 11.6 Å². The molecule has 0 fully saturated rings. The van der Waals surface area contributed by atoms with Gasteiger partial charge >= 0.3 is 5.97 Å². The molecule has 5 rings (SSSR count). The Morgan fingerprint density at radius 2 is 2.03 bits per heavy atom. The van der Waals surface area contributed by atoms with E-state index in [1.165, 1.54) is 29.3 Å². The molecule has 0 atom stereocenters. The van der Waals surface area contributed by atoms with Crippen LogP contribution in [0.3, 0.4) is 0 Å². The quantitative estimate of drug-likeness (QED) is 0.378. The number of esters is 1. The van der Waals surface area contributed by atoms with E-state index in [0.29, 0.717) is 12.1 Å². The Morgan fingerprint density at radius 1 is 1.23 bits per heavy atom. The van der Waals surface area contributed by atoms with Gasteiger partial charge in [-0.05, 0) is 44.0 Å². The molecule has 3 heterocycles. The predicted molar refractivity (Wildman–Crippen MR) is 129 cm³/mol. The van der Waals surface area contributed by atoms with Gasteiger partial charge in [-0.3, -0.25) is 4.79 Å². The number of nitrogens with one attached hydrogen (secondary N) is 1. The summed E-state index contributed by atoms with van der Waals surface area (Å²) in [5.74, 6) is -1.46. The highest BCUT2D eigenvalue weighted by Gasteiger charge is 2.32. The zero-order valence-corrected chi connectivity index (χ0v) is 19.8. The van der Waals surface area contributed by atoms with Crippen LogP contribution in [0.25, 0.3) is 27.7 Å². The van der Waals surface area contributed by atoms with Gasteiger partial charge in [0, 0.05) is 23.6 Å². The fraction of sp³-hybridized carbons (Fsp3) is 0.192. The van der Waals surface area contributed by atoms with Crippen LogP contribution in [0.15, 0.2) is 53.2 Å². The maximum Gasteiger partial charge on any atom is 0.341 e. The topological polar surface area (TPSA) is 88.4 Å². The number of nitrogens with zero attached hydrogens (tertiary/aromatic N) is 2. The lowest BCUT2D eigenvalue weighted by Crippen LogP contribution is -2.28. The first-order valence-corrected chi connectivity index (χ1v) is 11.5. The molecule has 7 nitrogen and oxygen atoms in total. The summed E-state index contributed by atoms with van der Waals surface area (Å²) in [6.07, 6.45) is 1.95. The van der Waals surface area contributed by atoms with Crippen molar-refractivity contribution < 1.29 is 23.2 Å². The number of carbonyl (C=O) groups excluding carboxylic acids is 2. The Kier molecular flexibility index (Phi) is 5.90. The summed E-state index contributed by atoms with van der Waals surface area (Å²) < 4.78 is 25.2. The summed E-state index contributed by atoms with van der Waals surface area (Å²) in [5.41, 5.74) is 2.70. The van der Waals surface area contributed by atoms with Crippen molar-refractivity contribution in [2.45, 2.75) is 20.3 Å². The average molecular weight is 494 g/mol. The van der Waals surface area contributed by atoms with Gasteiger partial charge in [0.25, 0.3) is 5.91 Å². The Morgan fingerprint density at radius 3 is 2.80 bits per heavy atom. The van der Waals surface area contributed by atoms with E-state index in [1.54, 1.807) is 13.8 Å². The highest BCUT2D eigenvalue weighted by atomic mass is 35.5. The zero-order valence-electron chi connectivity index (χ0n) is 19.0. The highest BCUT2D eigenvalue weighted by Crippen LogP contribution is 2.36. The van der Waals surface area contributed by atoms with E-state index in [4.69, 9.17) is 20.9 Å². The number of H-pyrrole nitrogens is 1. The monoisotopic (exact) mass is 493 g/mol. The van der Waals surface area contributed by atoms with Gasteiger partial charge in [-0.1, -0.05) is 41.0 Å². The van der Waals surface area contributed by atoms with E-state index < -0.39 is 17.7 Å². The number of benzene rings is 2. The van der Waals surface area contributed by atoms with E-state index in [0.717, 1.165) is 16.5 Å². The number of aromatic nitrogens is 2. The zero-order chi connectivity index (χ0) is 24.7. The minimum absolute atomic E-state index is 0.00917. The molecule has 4 aromatic rings. The first-order chi connectivity index (χ1) is 16.9. The Bertz CT molecular complexity index is 1480. The van der Waals surface area contributed by atoms with Gasteiger partial charge in [-0.25, -0.2) is 9.18 Å². The molecule has 0 saturated carbocycles. The number of fused-ring (bicyclic) bond motifs is 3. The van der Waals surface area contributed by atoms with Crippen LogP contribution in [0.5, 0.6) is 0 Å². The summed E-state index contributed by atoms with van der Waals surface area (Å²) in [5, 5.41) is 5.00. The molecular formula is C26H21ClFN3O4. The molecule has 0 bridgehead atoms. The van der Waals surface area contributed by atoms with E-state index in [2.05, 4.69) is 10.1 Å². The number of ether oxygens (including phenoxy) is 1. The second-order valence-corrected chi connectivity index (χ2v) is 8.50. The van der Waals surface area contributed by atoms with Gasteiger partial charge < -0.3 is 19.1 Å². The van der Waals surface area contributed by atoms with Crippen molar-refractivity contribution in [3.05, 3.63) is 82.1 Å². The lowest BCUT2D eigenvalue weighted by atomic mass is 10.0. The number of carbonyl (C=O) groups is 2. The average Bonchev–Trinajstić information content (AvgIpc) is 3.33. The third-order valence-electron chi connectivity index (χ3n) is 6.00. The summed E-state index contributed by atoms with van der Waals surface area (Å²) in [4.78, 5) is 31.4. The lowest BCUT2D eigenvalue weighted by Gasteiger charge is -2.18. The van der Waals surface area contributed by atoms with Crippen LogP contribution in [0, 0.1) is 12.7 Å². The number of amides is 1. The van der Waals surface area contributed by atoms with Gasteiger partial charge in [0.05, 0.1) is 28.5 Å². The van der Waals surface area contributed by atoms with Crippen LogP contribution in [0.4, 0.5) is 4.39 Å². The smallest absolute Gasteiger partial charge is 0.341 e. The van der Waals surface area contributed by atoms with E-state index in [1.807, 2.05) is 24.3 Å². The minimum Gasteiger partial charge on any atom is -0.462 e. The molecule has 0 unspecified atom stereocenters. The first kappa shape index (κ1) is 22.9. The van der Waals surface area contributed by atoms with Crippen LogP contribution in [-0.2, 0) is 16.0 Å². The fourth-order valence-electron chi connectivity index (χ4n) is 4.39.